The van der Waals surface area contributed by atoms with Crippen molar-refractivity contribution < 1.29 is 0 Å². The molecule has 0 bridgehead atoms. The molecule has 0 saturated heterocycles. The Morgan fingerprint density at radius 2 is 1.89 bits per heavy atom. The second kappa shape index (κ2) is 7.16. The number of halogens is 1. The molecule has 0 aliphatic heterocycles. The van der Waals surface area contributed by atoms with E-state index in [1.54, 1.807) is 10.6 Å². The molecule has 0 spiro atoms. The van der Waals surface area contributed by atoms with Crippen LogP contribution in [0.1, 0.15) is 51.1 Å². The summed E-state index contributed by atoms with van der Waals surface area (Å²) in [6.07, 6.45) is 4.54. The highest BCUT2D eigenvalue weighted by atomic mass is 35.5. The fourth-order valence-electron chi connectivity index (χ4n) is 4.52. The second-order valence-electron chi connectivity index (χ2n) is 7.95. The van der Waals surface area contributed by atoms with Crippen LogP contribution in [0.15, 0.2) is 41.2 Å². The largest absolute Gasteiger partial charge is 0.335 e. The van der Waals surface area contributed by atoms with Gasteiger partial charge in [0.2, 0.25) is 0 Å². The van der Waals surface area contributed by atoms with Crippen LogP contribution in [0.3, 0.4) is 0 Å². The van der Waals surface area contributed by atoms with Crippen LogP contribution in [0.4, 0.5) is 0 Å². The topological polar surface area (TPSA) is 39.8 Å². The summed E-state index contributed by atoms with van der Waals surface area (Å²) in [6.45, 7) is 6.56. The van der Waals surface area contributed by atoms with Gasteiger partial charge < -0.3 is 0 Å². The van der Waals surface area contributed by atoms with E-state index < -0.39 is 0 Å². The summed E-state index contributed by atoms with van der Waals surface area (Å²) < 4.78 is 3.70. The van der Waals surface area contributed by atoms with E-state index in [1.165, 1.54) is 12.8 Å². The van der Waals surface area contributed by atoms with E-state index in [2.05, 4.69) is 18.8 Å². The number of pyridine rings is 1. The molecule has 1 aliphatic carbocycles. The molecule has 0 N–H and O–H groups in total. The molecule has 1 aromatic carbocycles. The molecule has 4 nitrogen and oxygen atoms in total. The van der Waals surface area contributed by atoms with Gasteiger partial charge in [-0.1, -0.05) is 56.0 Å². The van der Waals surface area contributed by atoms with E-state index in [0.29, 0.717) is 22.6 Å². The smallest absolute Gasteiger partial charge is 0.287 e. The Kier molecular flexibility index (Phi) is 4.85. The lowest BCUT2D eigenvalue weighted by Gasteiger charge is -2.35. The van der Waals surface area contributed by atoms with Gasteiger partial charge in [-0.3, -0.25) is 4.57 Å². The van der Waals surface area contributed by atoms with Gasteiger partial charge in [0.15, 0.2) is 5.65 Å². The molecule has 1 fully saturated rings. The first kappa shape index (κ1) is 18.3. The third kappa shape index (κ3) is 3.20. The standard InChI is InChI=1S/C22H26ClN3O/c1-4-16-8-5-15(3)13-19(16)26-18-11-12-20(23)24-21(18)25(22(26)27)17-9-6-14(2)7-10-17/h6-7,9-12,15-16,19H,4-5,8,13H2,1-3H3. The maximum absolute atomic E-state index is 13.6. The van der Waals surface area contributed by atoms with Crippen molar-refractivity contribution in [1.29, 1.82) is 0 Å². The van der Waals surface area contributed by atoms with Gasteiger partial charge in [-0.05, 0) is 55.9 Å². The predicted octanol–water partition coefficient (Wildman–Crippen LogP) is 5.54. The van der Waals surface area contributed by atoms with Crippen LogP contribution in [-0.4, -0.2) is 14.1 Å². The lowest BCUT2D eigenvalue weighted by atomic mass is 9.77. The normalized spacial score (nSPS) is 23.0. The Balaban J connectivity index is 1.97. The first-order valence-electron chi connectivity index (χ1n) is 9.86. The molecule has 3 atom stereocenters. The summed E-state index contributed by atoms with van der Waals surface area (Å²) in [5, 5.41) is 0.407. The lowest BCUT2D eigenvalue weighted by Crippen LogP contribution is -2.34. The van der Waals surface area contributed by atoms with Crippen molar-refractivity contribution in [3.05, 3.63) is 57.6 Å². The van der Waals surface area contributed by atoms with Gasteiger partial charge >= 0.3 is 5.69 Å². The van der Waals surface area contributed by atoms with Crippen molar-refractivity contribution in [3.63, 3.8) is 0 Å². The molecule has 1 aliphatic rings. The minimum atomic E-state index is -0.0128. The van der Waals surface area contributed by atoms with Crippen LogP contribution in [0.2, 0.25) is 5.15 Å². The van der Waals surface area contributed by atoms with Crippen LogP contribution < -0.4 is 5.69 Å². The number of hydrogen-bond donors (Lipinski definition) is 0. The number of hydrogen-bond acceptors (Lipinski definition) is 2. The fourth-order valence-corrected chi connectivity index (χ4v) is 4.67. The molecular formula is C22H26ClN3O. The molecule has 5 heteroatoms. The minimum Gasteiger partial charge on any atom is -0.287 e. The van der Waals surface area contributed by atoms with Gasteiger partial charge in [0.1, 0.15) is 5.15 Å². The van der Waals surface area contributed by atoms with Gasteiger partial charge in [0.05, 0.1) is 11.2 Å². The summed E-state index contributed by atoms with van der Waals surface area (Å²) in [5.74, 6) is 1.15. The van der Waals surface area contributed by atoms with Crippen molar-refractivity contribution in [2.75, 3.05) is 0 Å². The molecule has 2 heterocycles. The number of aryl methyl sites for hydroxylation is 1. The molecule has 0 radical (unpaired) electrons. The highest BCUT2D eigenvalue weighted by Crippen LogP contribution is 2.39. The minimum absolute atomic E-state index is 0.0128. The van der Waals surface area contributed by atoms with Crippen LogP contribution in [0.25, 0.3) is 16.9 Å². The van der Waals surface area contributed by atoms with E-state index in [0.717, 1.165) is 29.6 Å². The molecule has 3 unspecified atom stereocenters. The van der Waals surface area contributed by atoms with Crippen LogP contribution in [-0.2, 0) is 0 Å². The number of nitrogens with zero attached hydrogens (tertiary/aromatic N) is 3. The highest BCUT2D eigenvalue weighted by Gasteiger charge is 2.32. The quantitative estimate of drug-likeness (QED) is 0.557. The Hall–Kier alpha value is -2.07. The molecule has 142 valence electrons. The Labute approximate surface area is 164 Å². The summed E-state index contributed by atoms with van der Waals surface area (Å²) >= 11 is 6.19. The Bertz CT molecular complexity index is 1020. The third-order valence-corrected chi connectivity index (χ3v) is 6.27. The lowest BCUT2D eigenvalue weighted by molar-refractivity contribution is 0.188. The van der Waals surface area contributed by atoms with Gasteiger partial charge in [0, 0.05) is 6.04 Å². The number of fused-ring (bicyclic) bond motifs is 1. The van der Waals surface area contributed by atoms with Gasteiger partial charge in [0.25, 0.3) is 0 Å². The summed E-state index contributed by atoms with van der Waals surface area (Å²) in [5.41, 5.74) is 3.50. The number of aromatic nitrogens is 3. The Morgan fingerprint density at radius 3 is 2.59 bits per heavy atom. The molecule has 0 amide bonds. The number of imidazole rings is 1. The van der Waals surface area contributed by atoms with Crippen molar-refractivity contribution in [2.45, 2.75) is 52.5 Å². The van der Waals surface area contributed by atoms with E-state index in [-0.39, 0.29) is 11.7 Å². The zero-order valence-electron chi connectivity index (χ0n) is 16.2. The van der Waals surface area contributed by atoms with E-state index >= 15 is 0 Å². The van der Waals surface area contributed by atoms with Crippen LogP contribution >= 0.6 is 11.6 Å². The van der Waals surface area contributed by atoms with Gasteiger partial charge in [-0.15, -0.1) is 0 Å². The van der Waals surface area contributed by atoms with E-state index in [4.69, 9.17) is 11.6 Å². The predicted molar refractivity (Wildman–Crippen MR) is 111 cm³/mol. The van der Waals surface area contributed by atoms with Crippen molar-refractivity contribution in [3.8, 4) is 5.69 Å². The number of rotatable bonds is 3. The van der Waals surface area contributed by atoms with Gasteiger partial charge in [-0.25, -0.2) is 14.3 Å². The van der Waals surface area contributed by atoms with E-state index in [9.17, 15) is 4.79 Å². The molecule has 1 saturated carbocycles. The first-order valence-corrected chi connectivity index (χ1v) is 10.2. The van der Waals surface area contributed by atoms with Crippen LogP contribution in [0, 0.1) is 18.8 Å². The third-order valence-electron chi connectivity index (χ3n) is 6.06. The summed E-state index contributed by atoms with van der Waals surface area (Å²) in [4.78, 5) is 18.1. The zero-order chi connectivity index (χ0) is 19.1. The zero-order valence-corrected chi connectivity index (χ0v) is 16.9. The van der Waals surface area contributed by atoms with Crippen molar-refractivity contribution in [2.24, 2.45) is 11.8 Å². The average molecular weight is 384 g/mol. The van der Waals surface area contributed by atoms with Gasteiger partial charge in [-0.2, -0.15) is 0 Å². The summed E-state index contributed by atoms with van der Waals surface area (Å²) in [6, 6.07) is 11.9. The fraction of sp³-hybridized carbons (Fsp3) is 0.455. The molecule has 3 aromatic rings. The van der Waals surface area contributed by atoms with Crippen molar-refractivity contribution >= 4 is 22.8 Å². The molecular weight excluding hydrogens is 358 g/mol. The highest BCUT2D eigenvalue weighted by molar-refractivity contribution is 6.29. The molecule has 4 rings (SSSR count). The maximum atomic E-state index is 13.6. The van der Waals surface area contributed by atoms with Crippen molar-refractivity contribution in [1.82, 2.24) is 14.1 Å². The number of benzene rings is 1. The SMILES string of the molecule is CCC1CCC(C)CC1n1c(=O)n(-c2ccc(C)cc2)c2nc(Cl)ccc21. The monoisotopic (exact) mass is 383 g/mol. The second-order valence-corrected chi connectivity index (χ2v) is 8.34. The molecule has 2 aromatic heterocycles. The summed E-state index contributed by atoms with van der Waals surface area (Å²) in [7, 11) is 0. The first-order chi connectivity index (χ1) is 13.0. The molecule has 27 heavy (non-hydrogen) atoms. The maximum Gasteiger partial charge on any atom is 0.335 e. The average Bonchev–Trinajstić information content (AvgIpc) is 2.93. The van der Waals surface area contributed by atoms with Crippen LogP contribution in [0.5, 0.6) is 0 Å². The Morgan fingerprint density at radius 1 is 1.15 bits per heavy atom. The van der Waals surface area contributed by atoms with E-state index in [1.807, 2.05) is 41.8 Å².